The summed E-state index contributed by atoms with van der Waals surface area (Å²) in [5.74, 6) is 0.666. The predicted molar refractivity (Wildman–Crippen MR) is 126 cm³/mol. The highest BCUT2D eigenvalue weighted by atomic mass is 32.2. The smallest absolute Gasteiger partial charge is 0.243 e. The summed E-state index contributed by atoms with van der Waals surface area (Å²) in [7, 11) is 0. The number of hydrogen-bond donors (Lipinski definition) is 1. The van der Waals surface area contributed by atoms with Crippen LogP contribution in [0.3, 0.4) is 0 Å². The van der Waals surface area contributed by atoms with Crippen LogP contribution < -0.4 is 5.32 Å². The molecule has 0 saturated carbocycles. The number of nitrogens with zero attached hydrogens (tertiary/aromatic N) is 2. The van der Waals surface area contributed by atoms with Gasteiger partial charge in [-0.3, -0.25) is 14.5 Å². The van der Waals surface area contributed by atoms with Crippen LogP contribution in [0, 0.1) is 0 Å². The fourth-order valence-electron chi connectivity index (χ4n) is 4.95. The van der Waals surface area contributed by atoms with E-state index in [9.17, 15) is 9.59 Å². The lowest BCUT2D eigenvalue weighted by atomic mass is 10.0. The Labute approximate surface area is 189 Å². The van der Waals surface area contributed by atoms with Gasteiger partial charge in [0.15, 0.2) is 0 Å². The molecule has 0 aromatic heterocycles. The molecule has 4 rings (SSSR count). The third kappa shape index (κ3) is 4.11. The molecule has 2 aliphatic rings. The molecular weight excluding hydrogens is 406 g/mol. The van der Waals surface area contributed by atoms with Gasteiger partial charge in [-0.25, -0.2) is 0 Å². The molecule has 0 spiro atoms. The molecule has 2 saturated heterocycles. The maximum absolute atomic E-state index is 13.3. The molecule has 6 heteroatoms. The molecule has 2 aromatic rings. The molecule has 2 amide bonds. The Bertz CT molecular complexity index is 903. The van der Waals surface area contributed by atoms with E-state index >= 15 is 0 Å². The van der Waals surface area contributed by atoms with Gasteiger partial charge in [0.25, 0.3) is 0 Å². The topological polar surface area (TPSA) is 52.7 Å². The van der Waals surface area contributed by atoms with Gasteiger partial charge in [-0.2, -0.15) is 0 Å². The average Bonchev–Trinajstić information content (AvgIpc) is 3.37. The van der Waals surface area contributed by atoms with Crippen molar-refractivity contribution in [3.8, 4) is 0 Å². The molecule has 164 valence electrons. The van der Waals surface area contributed by atoms with E-state index in [0.29, 0.717) is 18.7 Å². The number of likely N-dealkylation sites (N-methyl/N-ethyl adjacent to an activating group) is 1. The number of rotatable bonds is 8. The minimum atomic E-state index is -0.423. The molecule has 3 atom stereocenters. The Balaban J connectivity index is 1.51. The van der Waals surface area contributed by atoms with Crippen molar-refractivity contribution in [2.24, 2.45) is 0 Å². The second-order valence-electron chi connectivity index (χ2n) is 8.13. The number of carbonyl (C=O) groups is 2. The van der Waals surface area contributed by atoms with Gasteiger partial charge in [-0.1, -0.05) is 74.5 Å². The molecule has 5 nitrogen and oxygen atoms in total. The first-order valence-electron chi connectivity index (χ1n) is 11.2. The zero-order chi connectivity index (χ0) is 21.8. The van der Waals surface area contributed by atoms with Crippen molar-refractivity contribution in [1.82, 2.24) is 15.1 Å². The van der Waals surface area contributed by atoms with Crippen LogP contribution in [0.15, 0.2) is 60.7 Å². The van der Waals surface area contributed by atoms with Gasteiger partial charge in [0.1, 0.15) is 10.9 Å². The fraction of sp³-hybridized carbons (Fsp3) is 0.440. The van der Waals surface area contributed by atoms with Crippen molar-refractivity contribution < 1.29 is 9.59 Å². The highest BCUT2D eigenvalue weighted by Crippen LogP contribution is 2.54. The van der Waals surface area contributed by atoms with Crippen molar-refractivity contribution in [3.05, 3.63) is 71.8 Å². The average molecular weight is 438 g/mol. The number of benzene rings is 2. The zero-order valence-corrected chi connectivity index (χ0v) is 19.1. The highest BCUT2D eigenvalue weighted by molar-refractivity contribution is 8.00. The second-order valence-corrected chi connectivity index (χ2v) is 9.43. The minimum absolute atomic E-state index is 0.0476. The van der Waals surface area contributed by atoms with E-state index in [2.05, 4.69) is 48.3 Å². The Morgan fingerprint density at radius 2 is 1.77 bits per heavy atom. The molecule has 0 unspecified atom stereocenters. The molecule has 0 radical (unpaired) electrons. The first kappa shape index (κ1) is 21.9. The van der Waals surface area contributed by atoms with Crippen LogP contribution in [0.25, 0.3) is 0 Å². The van der Waals surface area contributed by atoms with E-state index in [0.717, 1.165) is 25.1 Å². The zero-order valence-electron chi connectivity index (χ0n) is 18.3. The van der Waals surface area contributed by atoms with Crippen LogP contribution in [-0.4, -0.2) is 53.0 Å². The Morgan fingerprint density at radius 1 is 1.13 bits per heavy atom. The summed E-state index contributed by atoms with van der Waals surface area (Å²) >= 11 is 1.73. The van der Waals surface area contributed by atoms with Gasteiger partial charge in [0, 0.05) is 18.7 Å². The van der Waals surface area contributed by atoms with Crippen molar-refractivity contribution in [2.45, 2.75) is 43.6 Å². The lowest BCUT2D eigenvalue weighted by Crippen LogP contribution is -2.51. The highest BCUT2D eigenvalue weighted by Gasteiger charge is 2.56. The molecule has 2 heterocycles. The molecule has 1 N–H and O–H groups in total. The SMILES string of the molecule is CCN(CC)[C@H](CNC(=O)[C@@H]1CS[C@@]2(c3ccccc3)CCC(=O)N12)c1ccccc1. The lowest BCUT2D eigenvalue weighted by Gasteiger charge is -2.34. The Kier molecular flexibility index (Phi) is 6.68. The lowest BCUT2D eigenvalue weighted by molar-refractivity contribution is -0.138. The van der Waals surface area contributed by atoms with Gasteiger partial charge >= 0.3 is 0 Å². The van der Waals surface area contributed by atoms with E-state index in [4.69, 9.17) is 0 Å². The summed E-state index contributed by atoms with van der Waals surface area (Å²) in [5.41, 5.74) is 2.31. The Morgan fingerprint density at radius 3 is 2.42 bits per heavy atom. The summed E-state index contributed by atoms with van der Waals surface area (Å²) in [5, 5.41) is 3.19. The van der Waals surface area contributed by atoms with Gasteiger partial charge < -0.3 is 10.2 Å². The molecular formula is C25H31N3O2S. The molecule has 0 aliphatic carbocycles. The normalized spacial score (nSPS) is 23.8. The van der Waals surface area contributed by atoms with Crippen LogP contribution in [0.5, 0.6) is 0 Å². The third-order valence-corrected chi connectivity index (χ3v) is 8.16. The van der Waals surface area contributed by atoms with E-state index in [1.807, 2.05) is 41.3 Å². The number of nitrogens with one attached hydrogen (secondary N) is 1. The number of thioether (sulfide) groups is 1. The van der Waals surface area contributed by atoms with Gasteiger partial charge in [0.05, 0.1) is 6.04 Å². The quantitative estimate of drug-likeness (QED) is 0.683. The van der Waals surface area contributed by atoms with Crippen LogP contribution in [-0.2, 0) is 14.5 Å². The van der Waals surface area contributed by atoms with Gasteiger partial charge in [-0.05, 0) is 30.6 Å². The number of hydrogen-bond acceptors (Lipinski definition) is 4. The minimum Gasteiger partial charge on any atom is -0.352 e. The maximum Gasteiger partial charge on any atom is 0.243 e. The first-order chi connectivity index (χ1) is 15.1. The summed E-state index contributed by atoms with van der Waals surface area (Å²) in [6.07, 6.45) is 1.26. The third-order valence-electron chi connectivity index (χ3n) is 6.56. The summed E-state index contributed by atoms with van der Waals surface area (Å²) in [6.45, 7) is 6.64. The molecule has 2 aromatic carbocycles. The fourth-order valence-corrected chi connectivity index (χ4v) is 6.60. The van der Waals surface area contributed by atoms with E-state index in [1.54, 1.807) is 11.8 Å². The van der Waals surface area contributed by atoms with E-state index in [1.165, 1.54) is 5.56 Å². The second kappa shape index (κ2) is 9.45. The molecule has 2 fully saturated rings. The number of fused-ring (bicyclic) bond motifs is 1. The maximum atomic E-state index is 13.3. The largest absolute Gasteiger partial charge is 0.352 e. The van der Waals surface area contributed by atoms with Crippen LogP contribution in [0.4, 0.5) is 0 Å². The Hall–Kier alpha value is -2.31. The van der Waals surface area contributed by atoms with Crippen molar-refractivity contribution in [3.63, 3.8) is 0 Å². The molecule has 0 bridgehead atoms. The van der Waals surface area contributed by atoms with Crippen LogP contribution >= 0.6 is 11.8 Å². The summed E-state index contributed by atoms with van der Waals surface area (Å²) in [4.78, 5) is 29.9. The van der Waals surface area contributed by atoms with Gasteiger partial charge in [-0.15, -0.1) is 11.8 Å². The van der Waals surface area contributed by atoms with Crippen molar-refractivity contribution >= 4 is 23.6 Å². The molecule has 2 aliphatic heterocycles. The monoisotopic (exact) mass is 437 g/mol. The van der Waals surface area contributed by atoms with Crippen molar-refractivity contribution in [2.75, 3.05) is 25.4 Å². The number of carbonyl (C=O) groups excluding carboxylic acids is 2. The summed E-state index contributed by atoms with van der Waals surface area (Å²) in [6, 6.07) is 20.2. The standard InChI is InChI=1S/C25H31N3O2S/c1-3-27(4-2)21(19-11-7-5-8-12-19)17-26-24(30)22-18-31-25(16-15-23(29)28(22)25)20-13-9-6-10-14-20/h5-14,21-22H,3-4,15-18H2,1-2H3,(H,26,30)/t21-,22+,25-/m1/s1. The van der Waals surface area contributed by atoms with E-state index in [-0.39, 0.29) is 17.9 Å². The summed E-state index contributed by atoms with van der Waals surface area (Å²) < 4.78 is 0. The van der Waals surface area contributed by atoms with Crippen LogP contribution in [0.1, 0.15) is 43.9 Å². The van der Waals surface area contributed by atoms with Gasteiger partial charge in [0.2, 0.25) is 11.8 Å². The van der Waals surface area contributed by atoms with Crippen molar-refractivity contribution in [1.29, 1.82) is 0 Å². The predicted octanol–water partition coefficient (Wildman–Crippen LogP) is 3.78. The molecule has 31 heavy (non-hydrogen) atoms. The van der Waals surface area contributed by atoms with E-state index < -0.39 is 10.9 Å². The van der Waals surface area contributed by atoms with Crippen LogP contribution in [0.2, 0.25) is 0 Å². The first-order valence-corrected chi connectivity index (χ1v) is 12.2. The number of amides is 2.